The normalized spacial score (nSPS) is 16.7. The van der Waals surface area contributed by atoms with Crippen molar-refractivity contribution >= 4 is 6.03 Å². The van der Waals surface area contributed by atoms with E-state index in [-0.39, 0.29) is 12.1 Å². The number of aromatic nitrogens is 1. The van der Waals surface area contributed by atoms with E-state index in [2.05, 4.69) is 66.6 Å². The zero-order valence-electron chi connectivity index (χ0n) is 16.6. The van der Waals surface area contributed by atoms with E-state index in [1.54, 1.807) is 6.20 Å². The van der Waals surface area contributed by atoms with Gasteiger partial charge in [-0.25, -0.2) is 4.79 Å². The number of benzene rings is 1. The number of amides is 2. The summed E-state index contributed by atoms with van der Waals surface area (Å²) in [5.74, 6) is 0. The number of pyridine rings is 1. The minimum atomic E-state index is 0.0310. The third-order valence-corrected chi connectivity index (χ3v) is 5.13. The predicted molar refractivity (Wildman–Crippen MR) is 109 cm³/mol. The fraction of sp³-hybridized carbons (Fsp3) is 0.455. The summed E-state index contributed by atoms with van der Waals surface area (Å²) in [4.78, 5) is 21.2. The molecule has 5 nitrogen and oxygen atoms in total. The largest absolute Gasteiger partial charge is 0.338 e. The Kier molecular flexibility index (Phi) is 6.45. The number of nitrogens with one attached hydrogen (secondary N) is 1. The number of hydrogen-bond donors (Lipinski definition) is 1. The molecule has 3 rings (SSSR count). The van der Waals surface area contributed by atoms with E-state index in [9.17, 15) is 4.79 Å². The summed E-state index contributed by atoms with van der Waals surface area (Å²) in [6.07, 6.45) is 4.65. The summed E-state index contributed by atoms with van der Waals surface area (Å²) < 4.78 is 0. The summed E-state index contributed by atoms with van der Waals surface area (Å²) in [5, 5.41) is 3.08. The Morgan fingerprint density at radius 2 is 2.04 bits per heavy atom. The quantitative estimate of drug-likeness (QED) is 0.851. The van der Waals surface area contributed by atoms with Crippen molar-refractivity contribution in [3.63, 3.8) is 0 Å². The average Bonchev–Trinajstić information content (AvgIpc) is 3.13. The molecule has 144 valence electrons. The highest BCUT2D eigenvalue weighted by Crippen LogP contribution is 2.32. The summed E-state index contributed by atoms with van der Waals surface area (Å²) in [6.45, 7) is 4.42. The van der Waals surface area contributed by atoms with E-state index in [1.807, 2.05) is 11.0 Å². The van der Waals surface area contributed by atoms with Crippen LogP contribution in [0.4, 0.5) is 4.79 Å². The third-order valence-electron chi connectivity index (χ3n) is 5.13. The predicted octanol–water partition coefficient (Wildman–Crippen LogP) is 3.54. The molecular weight excluding hydrogens is 336 g/mol. The first-order chi connectivity index (χ1) is 13.0. The number of rotatable bonds is 6. The summed E-state index contributed by atoms with van der Waals surface area (Å²) in [5.41, 5.74) is 4.74. The van der Waals surface area contributed by atoms with Gasteiger partial charge in [0.2, 0.25) is 0 Å². The first-order valence-corrected chi connectivity index (χ1v) is 9.73. The highest BCUT2D eigenvalue weighted by atomic mass is 16.2. The molecule has 0 spiro atoms. The summed E-state index contributed by atoms with van der Waals surface area (Å²) in [6, 6.07) is 12.9. The SMILES string of the molecule is Cc1cccnc1CCNC(=O)N1CCC[C@@H]1c1ccc(CN(C)C)cc1. The molecule has 2 heterocycles. The second kappa shape index (κ2) is 9.00. The van der Waals surface area contributed by atoms with Crippen molar-refractivity contribution in [2.75, 3.05) is 27.2 Å². The smallest absolute Gasteiger partial charge is 0.317 e. The molecule has 5 heteroatoms. The van der Waals surface area contributed by atoms with Gasteiger partial charge in [-0.2, -0.15) is 0 Å². The van der Waals surface area contributed by atoms with Crippen LogP contribution in [0.1, 0.15) is 41.3 Å². The van der Waals surface area contributed by atoms with E-state index in [0.717, 1.165) is 38.0 Å². The number of carbonyl (C=O) groups is 1. The summed E-state index contributed by atoms with van der Waals surface area (Å²) >= 11 is 0. The molecule has 0 saturated carbocycles. The van der Waals surface area contributed by atoms with Crippen LogP contribution < -0.4 is 5.32 Å². The molecule has 1 aliphatic heterocycles. The Bertz CT molecular complexity index is 757. The second-order valence-electron chi connectivity index (χ2n) is 7.58. The number of nitrogens with zero attached hydrogens (tertiary/aromatic N) is 3. The third kappa shape index (κ3) is 5.07. The fourth-order valence-corrected chi connectivity index (χ4v) is 3.74. The van der Waals surface area contributed by atoms with Gasteiger partial charge in [0.1, 0.15) is 0 Å². The molecule has 1 aromatic heterocycles. The minimum absolute atomic E-state index is 0.0310. The van der Waals surface area contributed by atoms with Crippen LogP contribution in [0.3, 0.4) is 0 Å². The van der Waals surface area contributed by atoms with Crippen molar-refractivity contribution in [3.05, 3.63) is 65.0 Å². The van der Waals surface area contributed by atoms with Gasteiger partial charge in [0.05, 0.1) is 6.04 Å². The zero-order valence-corrected chi connectivity index (χ0v) is 16.6. The van der Waals surface area contributed by atoms with Crippen molar-refractivity contribution < 1.29 is 4.79 Å². The first kappa shape index (κ1) is 19.4. The van der Waals surface area contributed by atoms with Crippen LogP contribution in [0.2, 0.25) is 0 Å². The van der Waals surface area contributed by atoms with Gasteiger partial charge < -0.3 is 15.1 Å². The maximum atomic E-state index is 12.7. The lowest BCUT2D eigenvalue weighted by atomic mass is 10.0. The van der Waals surface area contributed by atoms with E-state index in [0.29, 0.717) is 6.54 Å². The van der Waals surface area contributed by atoms with Crippen LogP contribution >= 0.6 is 0 Å². The van der Waals surface area contributed by atoms with Crippen LogP contribution in [0.15, 0.2) is 42.6 Å². The Balaban J connectivity index is 1.57. The monoisotopic (exact) mass is 366 g/mol. The van der Waals surface area contributed by atoms with Crippen molar-refractivity contribution in [2.24, 2.45) is 0 Å². The zero-order chi connectivity index (χ0) is 19.2. The molecule has 1 aromatic carbocycles. The van der Waals surface area contributed by atoms with Crippen molar-refractivity contribution in [3.8, 4) is 0 Å². The number of carbonyl (C=O) groups excluding carboxylic acids is 1. The van der Waals surface area contributed by atoms with Gasteiger partial charge >= 0.3 is 6.03 Å². The van der Waals surface area contributed by atoms with Gasteiger partial charge in [-0.1, -0.05) is 30.3 Å². The highest BCUT2D eigenvalue weighted by molar-refractivity contribution is 5.75. The Morgan fingerprint density at radius 1 is 1.26 bits per heavy atom. The molecule has 2 amide bonds. The summed E-state index contributed by atoms with van der Waals surface area (Å²) in [7, 11) is 4.15. The van der Waals surface area contributed by atoms with E-state index in [1.165, 1.54) is 16.7 Å². The Hall–Kier alpha value is -2.40. The van der Waals surface area contributed by atoms with Crippen molar-refractivity contribution in [1.29, 1.82) is 0 Å². The van der Waals surface area contributed by atoms with Gasteiger partial charge in [0.25, 0.3) is 0 Å². The van der Waals surface area contributed by atoms with Crippen LogP contribution in [-0.2, 0) is 13.0 Å². The molecule has 2 aromatic rings. The Labute approximate surface area is 162 Å². The minimum Gasteiger partial charge on any atom is -0.338 e. The molecule has 1 atom stereocenters. The number of urea groups is 1. The molecule has 27 heavy (non-hydrogen) atoms. The van der Waals surface area contributed by atoms with E-state index < -0.39 is 0 Å². The molecule has 1 fully saturated rings. The van der Waals surface area contributed by atoms with E-state index >= 15 is 0 Å². The molecule has 0 bridgehead atoms. The van der Waals surface area contributed by atoms with E-state index in [4.69, 9.17) is 0 Å². The van der Waals surface area contributed by atoms with Crippen molar-refractivity contribution in [1.82, 2.24) is 20.1 Å². The second-order valence-corrected chi connectivity index (χ2v) is 7.58. The Morgan fingerprint density at radius 3 is 2.74 bits per heavy atom. The molecule has 1 N–H and O–H groups in total. The highest BCUT2D eigenvalue weighted by Gasteiger charge is 2.29. The first-order valence-electron chi connectivity index (χ1n) is 9.73. The molecule has 1 saturated heterocycles. The van der Waals surface area contributed by atoms with Crippen LogP contribution in [0, 0.1) is 6.92 Å². The number of likely N-dealkylation sites (tertiary alicyclic amines) is 1. The van der Waals surface area contributed by atoms with Gasteiger partial charge in [-0.3, -0.25) is 4.98 Å². The molecule has 0 radical (unpaired) electrons. The lowest BCUT2D eigenvalue weighted by Crippen LogP contribution is -2.40. The van der Waals surface area contributed by atoms with Gasteiger partial charge in [-0.15, -0.1) is 0 Å². The molecular formula is C22H30N4O. The maximum absolute atomic E-state index is 12.7. The standard InChI is InChI=1S/C22H30N4O/c1-17-6-4-13-23-20(17)12-14-24-22(27)26-15-5-7-21(26)19-10-8-18(9-11-19)16-25(2)3/h4,6,8-11,13,21H,5,7,12,14-16H2,1-3H3,(H,24,27)/t21-/m1/s1. The maximum Gasteiger partial charge on any atom is 0.317 e. The van der Waals surface area contributed by atoms with Crippen LogP contribution in [0.5, 0.6) is 0 Å². The van der Waals surface area contributed by atoms with Crippen molar-refractivity contribution in [2.45, 2.75) is 38.8 Å². The lowest BCUT2D eigenvalue weighted by Gasteiger charge is -2.25. The lowest BCUT2D eigenvalue weighted by molar-refractivity contribution is 0.193. The van der Waals surface area contributed by atoms with Gasteiger partial charge in [0, 0.05) is 37.9 Å². The molecule has 0 unspecified atom stereocenters. The molecule has 0 aliphatic carbocycles. The van der Waals surface area contributed by atoms with Crippen LogP contribution in [0.25, 0.3) is 0 Å². The van der Waals surface area contributed by atoms with Crippen LogP contribution in [-0.4, -0.2) is 48.0 Å². The fourth-order valence-electron chi connectivity index (χ4n) is 3.74. The van der Waals surface area contributed by atoms with Gasteiger partial charge in [0.15, 0.2) is 0 Å². The molecule has 1 aliphatic rings. The number of aryl methyl sites for hydroxylation is 1. The number of hydrogen-bond acceptors (Lipinski definition) is 3. The van der Waals surface area contributed by atoms with Gasteiger partial charge in [-0.05, 0) is 56.6 Å². The average molecular weight is 367 g/mol. The topological polar surface area (TPSA) is 48.5 Å².